The van der Waals surface area contributed by atoms with Crippen LogP contribution in [0.2, 0.25) is 0 Å². The summed E-state index contributed by atoms with van der Waals surface area (Å²) >= 11 is 0. The van der Waals surface area contributed by atoms with Crippen molar-refractivity contribution in [3.63, 3.8) is 0 Å². The van der Waals surface area contributed by atoms with Gasteiger partial charge in [-0.3, -0.25) is 0 Å². The van der Waals surface area contributed by atoms with Crippen molar-refractivity contribution < 1.29 is 57.1 Å². The first-order valence-corrected chi connectivity index (χ1v) is 14.6. The van der Waals surface area contributed by atoms with Crippen LogP contribution in [-0.2, 0) is 38.1 Å². The van der Waals surface area contributed by atoms with E-state index in [1.807, 2.05) is 12.1 Å². The fourth-order valence-electron chi connectivity index (χ4n) is 3.61. The molecule has 0 aliphatic carbocycles. The summed E-state index contributed by atoms with van der Waals surface area (Å²) in [6.45, 7) is 20.1. The third-order valence-electron chi connectivity index (χ3n) is 6.06. The van der Waals surface area contributed by atoms with Gasteiger partial charge in [0.25, 0.3) is 0 Å². The molecular formula is C38H34O12. The maximum absolute atomic E-state index is 11.8. The normalized spacial score (nSPS) is 11.1. The second-order valence-electron chi connectivity index (χ2n) is 10.4. The lowest BCUT2D eigenvalue weighted by atomic mass is 10.0. The number of benzene rings is 3. The molecule has 50 heavy (non-hydrogen) atoms. The second-order valence-corrected chi connectivity index (χ2v) is 10.4. The summed E-state index contributed by atoms with van der Waals surface area (Å²) in [4.78, 5) is 47.0. The van der Waals surface area contributed by atoms with Gasteiger partial charge in [0.15, 0.2) is 23.0 Å². The summed E-state index contributed by atoms with van der Waals surface area (Å²) in [5.74, 6) is -1.78. The van der Waals surface area contributed by atoms with Crippen molar-refractivity contribution in [2.24, 2.45) is 0 Å². The molecule has 12 nitrogen and oxygen atoms in total. The van der Waals surface area contributed by atoms with E-state index in [1.165, 1.54) is 27.7 Å². The van der Waals surface area contributed by atoms with Crippen LogP contribution in [0.15, 0.2) is 135 Å². The van der Waals surface area contributed by atoms with Gasteiger partial charge in [0.1, 0.15) is 50.1 Å². The van der Waals surface area contributed by atoms with Gasteiger partial charge in [-0.25, -0.2) is 19.2 Å². The maximum atomic E-state index is 11.8. The van der Waals surface area contributed by atoms with Crippen LogP contribution in [0.1, 0.15) is 27.7 Å². The SMILES string of the molecule is C=C(C)C(=O)O/C=C\Oc1cc2ccc3cc(O/C=C\OC(=O)C(=C)C)c(O/C=C\OC(=O)C(=C)C)cc3c2cc1O/C=C\OC(=O)C(=C)C. The highest BCUT2D eigenvalue weighted by atomic mass is 16.6. The molecular weight excluding hydrogens is 648 g/mol. The van der Waals surface area contributed by atoms with Gasteiger partial charge in [-0.15, -0.1) is 0 Å². The van der Waals surface area contributed by atoms with Crippen LogP contribution >= 0.6 is 0 Å². The minimum Gasteiger partial charge on any atom is -0.458 e. The molecule has 3 rings (SSSR count). The minimum absolute atomic E-state index is 0.181. The predicted molar refractivity (Wildman–Crippen MR) is 184 cm³/mol. The first-order valence-electron chi connectivity index (χ1n) is 14.6. The van der Waals surface area contributed by atoms with E-state index < -0.39 is 23.9 Å². The van der Waals surface area contributed by atoms with E-state index in [4.69, 9.17) is 37.9 Å². The third-order valence-corrected chi connectivity index (χ3v) is 6.06. The van der Waals surface area contributed by atoms with Gasteiger partial charge in [0.2, 0.25) is 0 Å². The fraction of sp³-hybridized carbons (Fsp3) is 0.105. The van der Waals surface area contributed by atoms with Crippen LogP contribution in [0, 0.1) is 0 Å². The number of ether oxygens (including phenoxy) is 8. The molecule has 0 aromatic heterocycles. The van der Waals surface area contributed by atoms with Crippen molar-refractivity contribution >= 4 is 45.4 Å². The van der Waals surface area contributed by atoms with Crippen molar-refractivity contribution in [2.45, 2.75) is 27.7 Å². The number of carbonyl (C=O) groups excluding carboxylic acids is 4. The zero-order chi connectivity index (χ0) is 36.8. The summed E-state index contributed by atoms with van der Waals surface area (Å²) in [6.07, 6.45) is 8.75. The standard InChI is InChI=1S/C38H34O12/c1-23(2)35(39)47-15-11-43-31-19-27-9-10-28-20-32(44-12-16-48-36(40)24(3)4)34(46-14-18-50-38(42)26(7)8)22-30(28)29(27)21-33(31)45-13-17-49-37(41)25(5)6/h9-22H,1,3,5,7H2,2,4,6,8H3/b15-11-,16-12-,17-13-,18-14-. The Morgan fingerprint density at radius 3 is 0.900 bits per heavy atom. The van der Waals surface area contributed by atoms with Crippen LogP contribution in [0.25, 0.3) is 21.5 Å². The van der Waals surface area contributed by atoms with Crippen molar-refractivity contribution in [3.05, 3.63) is 135 Å². The van der Waals surface area contributed by atoms with E-state index in [9.17, 15) is 19.2 Å². The lowest BCUT2D eigenvalue weighted by molar-refractivity contribution is -0.134. The highest BCUT2D eigenvalue weighted by Crippen LogP contribution is 2.40. The van der Waals surface area contributed by atoms with Crippen molar-refractivity contribution in [3.8, 4) is 23.0 Å². The Balaban J connectivity index is 2.08. The molecule has 0 radical (unpaired) electrons. The van der Waals surface area contributed by atoms with Gasteiger partial charge in [0.05, 0.1) is 0 Å². The number of fused-ring (bicyclic) bond motifs is 3. The molecule has 0 saturated carbocycles. The van der Waals surface area contributed by atoms with E-state index in [-0.39, 0.29) is 45.3 Å². The van der Waals surface area contributed by atoms with Gasteiger partial charge in [-0.2, -0.15) is 0 Å². The van der Waals surface area contributed by atoms with Crippen molar-refractivity contribution in [1.82, 2.24) is 0 Å². The van der Waals surface area contributed by atoms with Crippen molar-refractivity contribution in [1.29, 1.82) is 0 Å². The summed E-state index contributed by atoms with van der Waals surface area (Å²) in [5, 5.41) is 2.72. The lowest BCUT2D eigenvalue weighted by Gasteiger charge is -2.14. The van der Waals surface area contributed by atoms with Gasteiger partial charge in [0, 0.05) is 22.3 Å². The van der Waals surface area contributed by atoms with E-state index in [2.05, 4.69) is 26.3 Å². The van der Waals surface area contributed by atoms with E-state index in [0.717, 1.165) is 50.1 Å². The molecule has 0 unspecified atom stereocenters. The Bertz CT molecular complexity index is 1850. The molecule has 12 heteroatoms. The number of esters is 4. The molecule has 3 aromatic rings. The maximum Gasteiger partial charge on any atom is 0.338 e. The van der Waals surface area contributed by atoms with Gasteiger partial charge in [-0.05, 0) is 73.5 Å². The molecule has 3 aromatic carbocycles. The molecule has 258 valence electrons. The topological polar surface area (TPSA) is 142 Å². The molecule has 0 heterocycles. The summed E-state index contributed by atoms with van der Waals surface area (Å²) in [5.41, 5.74) is 0.791. The first-order chi connectivity index (χ1) is 23.8. The Labute approximate surface area is 288 Å². The molecule has 0 atom stereocenters. The molecule has 0 saturated heterocycles. The Kier molecular flexibility index (Phi) is 13.5. The first kappa shape index (κ1) is 37.6. The second kappa shape index (κ2) is 17.9. The van der Waals surface area contributed by atoms with Crippen LogP contribution in [0.4, 0.5) is 0 Å². The number of rotatable bonds is 16. The third kappa shape index (κ3) is 10.9. The predicted octanol–water partition coefficient (Wildman–Crippen LogP) is 7.87. The van der Waals surface area contributed by atoms with E-state index >= 15 is 0 Å². The van der Waals surface area contributed by atoms with E-state index in [1.54, 1.807) is 24.3 Å². The molecule has 0 spiro atoms. The Morgan fingerprint density at radius 2 is 0.660 bits per heavy atom. The monoisotopic (exact) mass is 682 g/mol. The molecule has 0 fully saturated rings. The zero-order valence-corrected chi connectivity index (χ0v) is 27.8. The fourth-order valence-corrected chi connectivity index (χ4v) is 3.61. The van der Waals surface area contributed by atoms with E-state index in [0.29, 0.717) is 21.5 Å². The summed E-state index contributed by atoms with van der Waals surface area (Å²) in [6, 6.07) is 10.3. The average molecular weight is 683 g/mol. The smallest absolute Gasteiger partial charge is 0.338 e. The highest BCUT2D eigenvalue weighted by molar-refractivity contribution is 6.09. The minimum atomic E-state index is -0.647. The summed E-state index contributed by atoms with van der Waals surface area (Å²) in [7, 11) is 0. The molecule has 0 amide bonds. The van der Waals surface area contributed by atoms with Crippen molar-refractivity contribution in [2.75, 3.05) is 0 Å². The highest BCUT2D eigenvalue weighted by Gasteiger charge is 2.14. The van der Waals surface area contributed by atoms with Gasteiger partial charge < -0.3 is 37.9 Å². The Hall–Kier alpha value is -6.82. The number of hydrogen-bond donors (Lipinski definition) is 0. The number of hydrogen-bond acceptors (Lipinski definition) is 12. The largest absolute Gasteiger partial charge is 0.458 e. The van der Waals surface area contributed by atoms with Gasteiger partial charge >= 0.3 is 23.9 Å². The van der Waals surface area contributed by atoms with Crippen LogP contribution in [0.3, 0.4) is 0 Å². The van der Waals surface area contributed by atoms with Crippen LogP contribution in [-0.4, -0.2) is 23.9 Å². The Morgan fingerprint density at radius 1 is 0.420 bits per heavy atom. The lowest BCUT2D eigenvalue weighted by Crippen LogP contribution is -2.00. The van der Waals surface area contributed by atoms with Gasteiger partial charge in [-0.1, -0.05) is 38.4 Å². The molecule has 0 aliphatic heterocycles. The summed E-state index contributed by atoms with van der Waals surface area (Å²) < 4.78 is 42.8. The van der Waals surface area contributed by atoms with Crippen LogP contribution in [0.5, 0.6) is 23.0 Å². The molecule has 0 bridgehead atoms. The molecule has 0 aliphatic rings. The average Bonchev–Trinajstić information content (AvgIpc) is 3.07. The molecule has 0 N–H and O–H groups in total. The number of carbonyl (C=O) groups is 4. The van der Waals surface area contributed by atoms with Crippen LogP contribution < -0.4 is 18.9 Å². The quantitative estimate of drug-likeness (QED) is 0.0477. The zero-order valence-electron chi connectivity index (χ0n) is 27.8.